The normalized spacial score (nSPS) is 26.0. The lowest BCUT2D eigenvalue weighted by Gasteiger charge is -2.38. The fourth-order valence-corrected chi connectivity index (χ4v) is 2.96. The molecular formula is C14H24F3N3O. The number of alkyl halides is 3. The van der Waals surface area contributed by atoms with Crippen LogP contribution in [0.5, 0.6) is 0 Å². The van der Waals surface area contributed by atoms with Gasteiger partial charge in [0, 0.05) is 19.6 Å². The van der Waals surface area contributed by atoms with E-state index in [1.165, 1.54) is 4.90 Å². The molecule has 2 aliphatic heterocycles. The second-order valence-corrected chi connectivity index (χ2v) is 7.13. The van der Waals surface area contributed by atoms with Gasteiger partial charge in [0.1, 0.15) is 12.4 Å². The highest BCUT2D eigenvalue weighted by atomic mass is 19.4. The maximum Gasteiger partial charge on any atom is 0.405 e. The third-order valence-electron chi connectivity index (χ3n) is 3.61. The SMILES string of the molecule is CC1(C)CN(CC(F)(F)F)C(CN2CCOC(C)(C)C2)=N1. The van der Waals surface area contributed by atoms with E-state index in [4.69, 9.17) is 4.74 Å². The first-order valence-corrected chi connectivity index (χ1v) is 7.23. The molecule has 21 heavy (non-hydrogen) atoms. The Bertz CT molecular complexity index is 418. The van der Waals surface area contributed by atoms with Gasteiger partial charge in [-0.3, -0.25) is 9.89 Å². The first-order valence-electron chi connectivity index (χ1n) is 7.23. The fourth-order valence-electron chi connectivity index (χ4n) is 2.96. The van der Waals surface area contributed by atoms with Crippen molar-refractivity contribution in [1.82, 2.24) is 9.80 Å². The molecule has 0 aliphatic carbocycles. The van der Waals surface area contributed by atoms with Gasteiger partial charge in [0.2, 0.25) is 0 Å². The predicted molar refractivity (Wildman–Crippen MR) is 75.6 cm³/mol. The van der Waals surface area contributed by atoms with Crippen LogP contribution in [0.2, 0.25) is 0 Å². The van der Waals surface area contributed by atoms with Crippen molar-refractivity contribution in [3.05, 3.63) is 0 Å². The molecule has 2 aliphatic rings. The number of ether oxygens (including phenoxy) is 1. The number of halogens is 3. The lowest BCUT2D eigenvalue weighted by atomic mass is 10.1. The summed E-state index contributed by atoms with van der Waals surface area (Å²) in [6.45, 7) is 9.59. The zero-order chi connectivity index (χ0) is 15.9. The molecule has 0 spiro atoms. The average molecular weight is 307 g/mol. The van der Waals surface area contributed by atoms with E-state index in [-0.39, 0.29) is 5.60 Å². The minimum atomic E-state index is -4.20. The van der Waals surface area contributed by atoms with Gasteiger partial charge >= 0.3 is 6.18 Å². The van der Waals surface area contributed by atoms with E-state index in [1.54, 1.807) is 0 Å². The van der Waals surface area contributed by atoms with Crippen molar-refractivity contribution in [1.29, 1.82) is 0 Å². The van der Waals surface area contributed by atoms with Crippen molar-refractivity contribution in [2.24, 2.45) is 4.99 Å². The van der Waals surface area contributed by atoms with Crippen LogP contribution >= 0.6 is 0 Å². The van der Waals surface area contributed by atoms with Crippen molar-refractivity contribution in [2.45, 2.75) is 45.0 Å². The molecule has 7 heteroatoms. The van der Waals surface area contributed by atoms with Crippen molar-refractivity contribution in [2.75, 3.05) is 39.3 Å². The van der Waals surface area contributed by atoms with Gasteiger partial charge in [-0.2, -0.15) is 13.2 Å². The Balaban J connectivity index is 2.05. The van der Waals surface area contributed by atoms with Crippen LogP contribution in [0.15, 0.2) is 4.99 Å². The highest BCUT2D eigenvalue weighted by Gasteiger charge is 2.39. The van der Waals surface area contributed by atoms with Crippen LogP contribution < -0.4 is 0 Å². The maximum atomic E-state index is 12.7. The second-order valence-electron chi connectivity index (χ2n) is 7.13. The van der Waals surface area contributed by atoms with E-state index in [2.05, 4.69) is 9.89 Å². The zero-order valence-corrected chi connectivity index (χ0v) is 13.1. The summed E-state index contributed by atoms with van der Waals surface area (Å²) in [5.74, 6) is 0.537. The van der Waals surface area contributed by atoms with Crippen molar-refractivity contribution in [3.8, 4) is 0 Å². The Kier molecular flexibility index (Phi) is 4.28. The number of nitrogens with zero attached hydrogens (tertiary/aromatic N) is 3. The van der Waals surface area contributed by atoms with Crippen molar-refractivity contribution in [3.63, 3.8) is 0 Å². The molecule has 0 aromatic carbocycles. The summed E-state index contributed by atoms with van der Waals surface area (Å²) < 4.78 is 43.7. The zero-order valence-electron chi connectivity index (χ0n) is 13.1. The largest absolute Gasteiger partial charge is 0.405 e. The molecule has 0 saturated carbocycles. The Labute approximate surface area is 123 Å². The summed E-state index contributed by atoms with van der Waals surface area (Å²) in [5.41, 5.74) is -0.718. The lowest BCUT2D eigenvalue weighted by molar-refractivity contribution is -0.138. The minimum Gasteiger partial charge on any atom is -0.373 e. The molecular weight excluding hydrogens is 283 g/mol. The van der Waals surface area contributed by atoms with E-state index >= 15 is 0 Å². The van der Waals surface area contributed by atoms with Crippen LogP contribution in [-0.4, -0.2) is 72.3 Å². The predicted octanol–water partition coefficient (Wildman–Crippen LogP) is 2.15. The monoisotopic (exact) mass is 307 g/mol. The molecule has 122 valence electrons. The van der Waals surface area contributed by atoms with Gasteiger partial charge in [0.25, 0.3) is 0 Å². The molecule has 0 aromatic heterocycles. The molecule has 0 atom stereocenters. The minimum absolute atomic E-state index is 0.262. The molecule has 0 bridgehead atoms. The first-order chi connectivity index (χ1) is 9.46. The Hall–Kier alpha value is -0.820. The summed E-state index contributed by atoms with van der Waals surface area (Å²) in [4.78, 5) is 7.97. The third-order valence-corrected chi connectivity index (χ3v) is 3.61. The molecule has 1 fully saturated rings. The molecule has 1 saturated heterocycles. The Morgan fingerprint density at radius 2 is 1.86 bits per heavy atom. The van der Waals surface area contributed by atoms with Gasteiger partial charge in [-0.25, -0.2) is 0 Å². The molecule has 0 N–H and O–H groups in total. The molecule has 0 radical (unpaired) electrons. The van der Waals surface area contributed by atoms with Gasteiger partial charge in [0.15, 0.2) is 0 Å². The fraction of sp³-hybridized carbons (Fsp3) is 0.929. The second kappa shape index (κ2) is 5.43. The summed E-state index contributed by atoms with van der Waals surface area (Å²) in [7, 11) is 0. The molecule has 2 heterocycles. The highest BCUT2D eigenvalue weighted by Crippen LogP contribution is 2.26. The van der Waals surface area contributed by atoms with Gasteiger partial charge in [-0.05, 0) is 27.7 Å². The summed E-state index contributed by atoms with van der Waals surface area (Å²) >= 11 is 0. The van der Waals surface area contributed by atoms with Crippen LogP contribution in [0, 0.1) is 0 Å². The third kappa shape index (κ3) is 4.85. The molecule has 0 aromatic rings. The van der Waals surface area contributed by atoms with Crippen LogP contribution in [0.1, 0.15) is 27.7 Å². The average Bonchev–Trinajstić information content (AvgIpc) is 2.48. The van der Waals surface area contributed by atoms with Gasteiger partial charge < -0.3 is 9.64 Å². The Morgan fingerprint density at radius 1 is 1.19 bits per heavy atom. The van der Waals surface area contributed by atoms with E-state index < -0.39 is 18.3 Å². The van der Waals surface area contributed by atoms with Crippen LogP contribution in [0.3, 0.4) is 0 Å². The van der Waals surface area contributed by atoms with Crippen LogP contribution in [0.25, 0.3) is 0 Å². The number of rotatable bonds is 3. The topological polar surface area (TPSA) is 28.1 Å². The lowest BCUT2D eigenvalue weighted by Crippen LogP contribution is -2.51. The number of morpholine rings is 1. The van der Waals surface area contributed by atoms with E-state index in [9.17, 15) is 13.2 Å². The molecule has 0 amide bonds. The van der Waals surface area contributed by atoms with E-state index in [0.717, 1.165) is 6.54 Å². The summed E-state index contributed by atoms with van der Waals surface area (Å²) in [6.07, 6.45) is -4.20. The smallest absolute Gasteiger partial charge is 0.373 e. The van der Waals surface area contributed by atoms with Crippen molar-refractivity contribution < 1.29 is 17.9 Å². The van der Waals surface area contributed by atoms with Gasteiger partial charge in [-0.15, -0.1) is 0 Å². The van der Waals surface area contributed by atoms with Crippen LogP contribution in [0.4, 0.5) is 13.2 Å². The van der Waals surface area contributed by atoms with E-state index in [1.807, 2.05) is 27.7 Å². The molecule has 0 unspecified atom stereocenters. The molecule has 2 rings (SSSR count). The Morgan fingerprint density at radius 3 is 2.43 bits per heavy atom. The van der Waals surface area contributed by atoms with Crippen LogP contribution in [-0.2, 0) is 4.74 Å². The van der Waals surface area contributed by atoms with Crippen molar-refractivity contribution >= 4 is 5.84 Å². The number of hydrogen-bond donors (Lipinski definition) is 0. The highest BCUT2D eigenvalue weighted by molar-refractivity contribution is 5.86. The number of aliphatic imine (C=N–C) groups is 1. The van der Waals surface area contributed by atoms with E-state index in [0.29, 0.717) is 32.1 Å². The first kappa shape index (κ1) is 16.5. The summed E-state index contributed by atoms with van der Waals surface area (Å²) in [5, 5.41) is 0. The number of amidine groups is 1. The number of hydrogen-bond acceptors (Lipinski definition) is 4. The van der Waals surface area contributed by atoms with Gasteiger partial charge in [-0.1, -0.05) is 0 Å². The standard InChI is InChI=1S/C14H24F3N3O/c1-12(2)8-20(10-14(15,16)17)11(18-12)7-19-5-6-21-13(3,4)9-19/h5-10H2,1-4H3. The quantitative estimate of drug-likeness (QED) is 0.800. The summed E-state index contributed by atoms with van der Waals surface area (Å²) in [6, 6.07) is 0. The maximum absolute atomic E-state index is 12.7. The molecule has 4 nitrogen and oxygen atoms in total. The van der Waals surface area contributed by atoms with Gasteiger partial charge in [0.05, 0.1) is 24.3 Å².